The van der Waals surface area contributed by atoms with Gasteiger partial charge in [0, 0.05) is 6.42 Å². The van der Waals surface area contributed by atoms with Crippen molar-refractivity contribution in [2.45, 2.75) is 199 Å². The third kappa shape index (κ3) is 38.8. The van der Waals surface area contributed by atoms with E-state index in [1.54, 1.807) is 6.08 Å². The second-order valence-corrected chi connectivity index (χ2v) is 17.5. The number of hydrogen-bond acceptors (Lipinski definition) is 5. The molecule has 8 nitrogen and oxygen atoms in total. The lowest BCUT2D eigenvalue weighted by molar-refractivity contribution is -0.870. The van der Waals surface area contributed by atoms with Crippen molar-refractivity contribution in [3.63, 3.8) is 0 Å². The molecule has 0 heterocycles. The lowest BCUT2D eigenvalue weighted by Gasteiger charge is -2.25. The molecule has 53 heavy (non-hydrogen) atoms. The van der Waals surface area contributed by atoms with Crippen molar-refractivity contribution in [2.75, 3.05) is 40.9 Å². The minimum atomic E-state index is -4.34. The van der Waals surface area contributed by atoms with Crippen LogP contribution in [0.15, 0.2) is 36.5 Å². The predicted molar refractivity (Wildman–Crippen MR) is 226 cm³/mol. The van der Waals surface area contributed by atoms with Crippen LogP contribution < -0.4 is 5.32 Å². The number of carbonyl (C=O) groups excluding carboxylic acids is 1. The zero-order valence-electron chi connectivity index (χ0n) is 35.3. The number of hydrogen-bond donors (Lipinski definition) is 3. The minimum absolute atomic E-state index is 0.0544. The molecule has 0 aromatic carbocycles. The summed E-state index contributed by atoms with van der Waals surface area (Å²) in [6.07, 6.45) is 43.6. The third-order valence-electron chi connectivity index (χ3n) is 9.59. The predicted octanol–water partition coefficient (Wildman–Crippen LogP) is 11.9. The Bertz CT molecular complexity index is 964. The monoisotopic (exact) mass is 770 g/mol. The van der Waals surface area contributed by atoms with Gasteiger partial charge in [-0.25, -0.2) is 4.57 Å². The SMILES string of the molecule is CCCCC/C=C/CC/C=C/CC/C=C/C(O)C(COP(=O)(O)OCC[N+](C)(C)C)NC(=O)CCCCCCCCCCCCCCCCCCCC. The first-order valence-electron chi connectivity index (χ1n) is 21.9. The Balaban J connectivity index is 4.44. The van der Waals surface area contributed by atoms with E-state index < -0.39 is 20.0 Å². The first kappa shape index (κ1) is 51.7. The number of phosphoric acid groups is 1. The van der Waals surface area contributed by atoms with Crippen LogP contribution in [0.5, 0.6) is 0 Å². The lowest BCUT2D eigenvalue weighted by atomic mass is 10.0. The molecule has 3 unspecified atom stereocenters. The van der Waals surface area contributed by atoms with E-state index in [1.807, 2.05) is 27.2 Å². The van der Waals surface area contributed by atoms with Crippen LogP contribution in [-0.2, 0) is 18.4 Å². The standard InChI is InChI=1S/C44H85N2O6P/c1-6-8-10-12-14-16-18-20-21-22-23-24-26-28-30-32-34-36-38-44(48)45-42(41-52-53(49,50)51-40-39-46(3,4)5)43(47)37-35-33-31-29-27-25-19-17-15-13-11-9-7-2/h15,17,27,29,35,37,42-43,47H,6-14,16,18-26,28,30-34,36,38-41H2,1-5H3,(H-,45,48,49,50)/p+1/b17-15+,29-27+,37-35+. The van der Waals surface area contributed by atoms with Crippen LogP contribution in [0.1, 0.15) is 187 Å². The maximum absolute atomic E-state index is 12.8. The zero-order valence-corrected chi connectivity index (χ0v) is 36.1. The van der Waals surface area contributed by atoms with Gasteiger partial charge < -0.3 is 19.8 Å². The van der Waals surface area contributed by atoms with Gasteiger partial charge in [0.15, 0.2) is 0 Å². The largest absolute Gasteiger partial charge is 0.472 e. The molecule has 0 aromatic rings. The van der Waals surface area contributed by atoms with E-state index in [2.05, 4.69) is 43.5 Å². The van der Waals surface area contributed by atoms with Gasteiger partial charge in [-0.2, -0.15) is 0 Å². The Morgan fingerprint density at radius 3 is 1.51 bits per heavy atom. The molecule has 0 aliphatic heterocycles. The number of allylic oxidation sites excluding steroid dienone is 5. The first-order chi connectivity index (χ1) is 25.5. The fraction of sp³-hybridized carbons (Fsp3) is 0.841. The topological polar surface area (TPSA) is 105 Å². The maximum Gasteiger partial charge on any atom is 0.472 e. The molecule has 0 saturated heterocycles. The number of carbonyl (C=O) groups is 1. The van der Waals surface area contributed by atoms with Gasteiger partial charge in [-0.05, 0) is 44.9 Å². The van der Waals surface area contributed by atoms with Gasteiger partial charge in [-0.15, -0.1) is 0 Å². The lowest BCUT2D eigenvalue weighted by Crippen LogP contribution is -2.45. The molecule has 0 aliphatic carbocycles. The summed E-state index contributed by atoms with van der Waals surface area (Å²) in [5.41, 5.74) is 0. The molecular formula is C44H86N2O6P+. The van der Waals surface area contributed by atoms with Gasteiger partial charge in [0.2, 0.25) is 5.91 Å². The van der Waals surface area contributed by atoms with Crippen LogP contribution in [0.4, 0.5) is 0 Å². The molecule has 0 radical (unpaired) electrons. The molecule has 1 amide bonds. The van der Waals surface area contributed by atoms with Gasteiger partial charge in [0.05, 0.1) is 39.9 Å². The number of phosphoric ester groups is 1. The summed E-state index contributed by atoms with van der Waals surface area (Å²) in [6.45, 7) is 4.75. The van der Waals surface area contributed by atoms with Gasteiger partial charge in [-0.1, -0.05) is 172 Å². The molecule has 3 N–H and O–H groups in total. The van der Waals surface area contributed by atoms with E-state index in [0.717, 1.165) is 51.4 Å². The van der Waals surface area contributed by atoms with Crippen molar-refractivity contribution in [1.82, 2.24) is 5.32 Å². The van der Waals surface area contributed by atoms with Crippen LogP contribution in [0.25, 0.3) is 0 Å². The van der Waals surface area contributed by atoms with Crippen molar-refractivity contribution < 1.29 is 32.9 Å². The maximum atomic E-state index is 12.8. The average molecular weight is 770 g/mol. The van der Waals surface area contributed by atoms with E-state index in [9.17, 15) is 19.4 Å². The van der Waals surface area contributed by atoms with E-state index >= 15 is 0 Å². The van der Waals surface area contributed by atoms with Crippen molar-refractivity contribution in [2.24, 2.45) is 0 Å². The van der Waals surface area contributed by atoms with E-state index in [4.69, 9.17) is 9.05 Å². The summed E-state index contributed by atoms with van der Waals surface area (Å²) in [7, 11) is 1.55. The summed E-state index contributed by atoms with van der Waals surface area (Å²) < 4.78 is 23.5. The number of amides is 1. The molecule has 9 heteroatoms. The summed E-state index contributed by atoms with van der Waals surface area (Å²) in [5.74, 6) is -0.191. The fourth-order valence-electron chi connectivity index (χ4n) is 6.07. The second-order valence-electron chi connectivity index (χ2n) is 16.1. The Kier molecular flexibility index (Phi) is 35.5. The van der Waals surface area contributed by atoms with Gasteiger partial charge in [0.25, 0.3) is 0 Å². The van der Waals surface area contributed by atoms with E-state index in [0.29, 0.717) is 17.4 Å². The molecule has 0 aromatic heterocycles. The van der Waals surface area contributed by atoms with Crippen LogP contribution in [-0.4, -0.2) is 73.4 Å². The number of unbranched alkanes of at least 4 members (excludes halogenated alkanes) is 22. The Morgan fingerprint density at radius 1 is 0.623 bits per heavy atom. The summed E-state index contributed by atoms with van der Waals surface area (Å²) in [4.78, 5) is 23.1. The molecule has 0 rings (SSSR count). The summed E-state index contributed by atoms with van der Waals surface area (Å²) >= 11 is 0. The van der Waals surface area contributed by atoms with Crippen LogP contribution in [0.2, 0.25) is 0 Å². The second kappa shape index (κ2) is 36.4. The number of quaternary nitrogens is 1. The number of rotatable bonds is 39. The Morgan fingerprint density at radius 2 is 1.04 bits per heavy atom. The van der Waals surface area contributed by atoms with Crippen molar-refractivity contribution in [3.05, 3.63) is 36.5 Å². The van der Waals surface area contributed by atoms with Crippen molar-refractivity contribution >= 4 is 13.7 Å². The normalized spacial score (nSPS) is 14.8. The molecule has 0 saturated carbocycles. The van der Waals surface area contributed by atoms with Crippen LogP contribution in [0.3, 0.4) is 0 Å². The first-order valence-corrected chi connectivity index (χ1v) is 23.4. The molecular weight excluding hydrogens is 683 g/mol. The molecule has 3 atom stereocenters. The highest BCUT2D eigenvalue weighted by Gasteiger charge is 2.27. The Hall–Kier alpha value is -1.28. The van der Waals surface area contributed by atoms with E-state index in [-0.39, 0.29) is 19.1 Å². The molecule has 0 bridgehead atoms. The Labute approximate surface area is 327 Å². The average Bonchev–Trinajstić information content (AvgIpc) is 3.10. The van der Waals surface area contributed by atoms with Gasteiger partial charge in [0.1, 0.15) is 13.2 Å². The molecule has 312 valence electrons. The smallest absolute Gasteiger partial charge is 0.387 e. The van der Waals surface area contributed by atoms with Gasteiger partial charge in [-0.3, -0.25) is 13.8 Å². The summed E-state index contributed by atoms with van der Waals surface area (Å²) in [5, 5.41) is 13.8. The third-order valence-corrected chi connectivity index (χ3v) is 10.6. The van der Waals surface area contributed by atoms with Crippen molar-refractivity contribution in [3.8, 4) is 0 Å². The number of aliphatic hydroxyl groups is 1. The minimum Gasteiger partial charge on any atom is -0.387 e. The number of nitrogens with zero attached hydrogens (tertiary/aromatic N) is 1. The highest BCUT2D eigenvalue weighted by Crippen LogP contribution is 2.43. The number of aliphatic hydroxyl groups excluding tert-OH is 1. The molecule has 0 aliphatic rings. The fourth-order valence-corrected chi connectivity index (χ4v) is 6.81. The quantitative estimate of drug-likeness (QED) is 0.0249. The summed E-state index contributed by atoms with van der Waals surface area (Å²) in [6, 6.07) is -0.864. The van der Waals surface area contributed by atoms with Gasteiger partial charge >= 0.3 is 7.82 Å². The zero-order chi connectivity index (χ0) is 39.3. The number of likely N-dealkylation sites (N-methyl/N-ethyl adjacent to an activating group) is 1. The van der Waals surface area contributed by atoms with Crippen LogP contribution in [0, 0.1) is 0 Å². The highest BCUT2D eigenvalue weighted by molar-refractivity contribution is 7.47. The highest BCUT2D eigenvalue weighted by atomic mass is 31.2. The van der Waals surface area contributed by atoms with Crippen molar-refractivity contribution in [1.29, 1.82) is 0 Å². The molecule has 0 fully saturated rings. The van der Waals surface area contributed by atoms with E-state index in [1.165, 1.54) is 116 Å². The molecule has 0 spiro atoms. The van der Waals surface area contributed by atoms with Crippen LogP contribution >= 0.6 is 7.82 Å². The number of nitrogens with one attached hydrogen (secondary N) is 1.